The van der Waals surface area contributed by atoms with Crippen LogP contribution < -0.4 is 5.32 Å². The van der Waals surface area contributed by atoms with E-state index in [1.54, 1.807) is 4.90 Å². The summed E-state index contributed by atoms with van der Waals surface area (Å²) in [6, 6.07) is 5.78. The zero-order chi connectivity index (χ0) is 14.2. The molecule has 2 aliphatic rings. The third-order valence-electron chi connectivity index (χ3n) is 4.34. The van der Waals surface area contributed by atoms with Gasteiger partial charge >= 0.3 is 0 Å². The highest BCUT2D eigenvalue weighted by Crippen LogP contribution is 2.37. The number of rotatable bonds is 2. The van der Waals surface area contributed by atoms with Crippen LogP contribution in [0.25, 0.3) is 0 Å². The van der Waals surface area contributed by atoms with Crippen molar-refractivity contribution in [2.24, 2.45) is 0 Å². The summed E-state index contributed by atoms with van der Waals surface area (Å²) < 4.78 is 0. The SMILES string of the molecule is Cc1cccc(CN2C(=O)CNC(=O)C23CCCC3)n1. The summed E-state index contributed by atoms with van der Waals surface area (Å²) in [5.74, 6) is -0.00272. The molecule has 5 nitrogen and oxygen atoms in total. The lowest BCUT2D eigenvalue weighted by Gasteiger charge is -2.43. The third-order valence-corrected chi connectivity index (χ3v) is 4.34. The van der Waals surface area contributed by atoms with Gasteiger partial charge in [-0.2, -0.15) is 0 Å². The monoisotopic (exact) mass is 273 g/mol. The Hall–Kier alpha value is -1.91. The maximum atomic E-state index is 12.3. The fourth-order valence-corrected chi connectivity index (χ4v) is 3.32. The van der Waals surface area contributed by atoms with E-state index in [0.717, 1.165) is 37.1 Å². The van der Waals surface area contributed by atoms with Crippen molar-refractivity contribution in [2.45, 2.75) is 44.7 Å². The molecule has 0 atom stereocenters. The Balaban J connectivity index is 1.91. The minimum atomic E-state index is -0.638. The Kier molecular flexibility index (Phi) is 3.20. The maximum Gasteiger partial charge on any atom is 0.246 e. The van der Waals surface area contributed by atoms with Crippen LogP contribution >= 0.6 is 0 Å². The largest absolute Gasteiger partial charge is 0.345 e. The Morgan fingerprint density at radius 1 is 1.30 bits per heavy atom. The molecular formula is C15H19N3O2. The van der Waals surface area contributed by atoms with Gasteiger partial charge in [-0.15, -0.1) is 0 Å². The molecule has 2 amide bonds. The lowest BCUT2D eigenvalue weighted by Crippen LogP contribution is -2.65. The van der Waals surface area contributed by atoms with Crippen LogP contribution in [0.2, 0.25) is 0 Å². The number of pyridine rings is 1. The van der Waals surface area contributed by atoms with Gasteiger partial charge in [-0.1, -0.05) is 18.9 Å². The van der Waals surface area contributed by atoms with Crippen molar-refractivity contribution in [2.75, 3.05) is 6.54 Å². The molecule has 1 aliphatic carbocycles. The quantitative estimate of drug-likeness (QED) is 0.879. The minimum absolute atomic E-state index is 0.00209. The number of aryl methyl sites for hydroxylation is 1. The van der Waals surface area contributed by atoms with Crippen molar-refractivity contribution >= 4 is 11.8 Å². The van der Waals surface area contributed by atoms with Gasteiger partial charge in [0.25, 0.3) is 0 Å². The smallest absolute Gasteiger partial charge is 0.246 e. The normalized spacial score (nSPS) is 21.4. The number of nitrogens with one attached hydrogen (secondary N) is 1. The van der Waals surface area contributed by atoms with E-state index >= 15 is 0 Å². The molecule has 1 N–H and O–H groups in total. The van der Waals surface area contributed by atoms with Gasteiger partial charge in [0.15, 0.2) is 0 Å². The predicted molar refractivity (Wildman–Crippen MR) is 73.7 cm³/mol. The molecule has 1 saturated heterocycles. The van der Waals surface area contributed by atoms with Gasteiger partial charge < -0.3 is 10.2 Å². The van der Waals surface area contributed by atoms with Crippen molar-refractivity contribution < 1.29 is 9.59 Å². The van der Waals surface area contributed by atoms with Gasteiger partial charge in [0.1, 0.15) is 5.54 Å². The van der Waals surface area contributed by atoms with Gasteiger partial charge in [0.05, 0.1) is 18.8 Å². The average molecular weight is 273 g/mol. The fraction of sp³-hybridized carbons (Fsp3) is 0.533. The number of carbonyl (C=O) groups is 2. The van der Waals surface area contributed by atoms with Gasteiger partial charge in [-0.05, 0) is 31.9 Å². The first-order valence-electron chi connectivity index (χ1n) is 7.13. The van der Waals surface area contributed by atoms with Crippen molar-refractivity contribution in [3.8, 4) is 0 Å². The second kappa shape index (κ2) is 4.89. The summed E-state index contributed by atoms with van der Waals surface area (Å²) in [5.41, 5.74) is 1.14. The Bertz CT molecular complexity index is 550. The number of amides is 2. The average Bonchev–Trinajstić information content (AvgIpc) is 2.90. The van der Waals surface area contributed by atoms with Crippen molar-refractivity contribution in [1.29, 1.82) is 0 Å². The van der Waals surface area contributed by atoms with Crippen LogP contribution in [0.15, 0.2) is 18.2 Å². The lowest BCUT2D eigenvalue weighted by molar-refractivity contribution is -0.154. The molecule has 0 bridgehead atoms. The number of nitrogens with zero attached hydrogens (tertiary/aromatic N) is 2. The summed E-state index contributed by atoms with van der Waals surface area (Å²) in [5, 5.41) is 2.74. The van der Waals surface area contributed by atoms with E-state index in [1.807, 2.05) is 25.1 Å². The zero-order valence-corrected chi connectivity index (χ0v) is 11.7. The minimum Gasteiger partial charge on any atom is -0.345 e. The first-order valence-corrected chi connectivity index (χ1v) is 7.13. The molecule has 20 heavy (non-hydrogen) atoms. The highest BCUT2D eigenvalue weighted by molar-refractivity contribution is 5.98. The Morgan fingerprint density at radius 3 is 2.75 bits per heavy atom. The summed E-state index contributed by atoms with van der Waals surface area (Å²) in [6.45, 7) is 2.46. The zero-order valence-electron chi connectivity index (χ0n) is 11.7. The van der Waals surface area contributed by atoms with Crippen LogP contribution in [0, 0.1) is 6.92 Å². The highest BCUT2D eigenvalue weighted by Gasteiger charge is 2.50. The van der Waals surface area contributed by atoms with Crippen molar-refractivity contribution in [3.63, 3.8) is 0 Å². The molecular weight excluding hydrogens is 254 g/mol. The summed E-state index contributed by atoms with van der Waals surface area (Å²) in [6.07, 6.45) is 3.52. The lowest BCUT2D eigenvalue weighted by atomic mass is 9.91. The molecule has 106 valence electrons. The number of hydrogen-bond acceptors (Lipinski definition) is 3. The van der Waals surface area contributed by atoms with Crippen LogP contribution in [-0.4, -0.2) is 33.8 Å². The van der Waals surface area contributed by atoms with E-state index < -0.39 is 5.54 Å². The van der Waals surface area contributed by atoms with Gasteiger partial charge in [0.2, 0.25) is 11.8 Å². The van der Waals surface area contributed by atoms with Crippen molar-refractivity contribution in [3.05, 3.63) is 29.6 Å². The highest BCUT2D eigenvalue weighted by atomic mass is 16.2. The van der Waals surface area contributed by atoms with Gasteiger partial charge in [-0.3, -0.25) is 14.6 Å². The molecule has 1 spiro atoms. The van der Waals surface area contributed by atoms with Gasteiger partial charge in [-0.25, -0.2) is 0 Å². The second-order valence-corrected chi connectivity index (χ2v) is 5.67. The molecule has 1 aromatic heterocycles. The van der Waals surface area contributed by atoms with E-state index in [4.69, 9.17) is 0 Å². The summed E-state index contributed by atoms with van der Waals surface area (Å²) in [7, 11) is 0. The number of hydrogen-bond donors (Lipinski definition) is 1. The molecule has 2 heterocycles. The summed E-state index contributed by atoms with van der Waals surface area (Å²) >= 11 is 0. The van der Waals surface area contributed by atoms with Crippen LogP contribution in [0.4, 0.5) is 0 Å². The van der Waals surface area contributed by atoms with E-state index in [-0.39, 0.29) is 18.4 Å². The van der Waals surface area contributed by atoms with Gasteiger partial charge in [0, 0.05) is 5.69 Å². The molecule has 0 aromatic carbocycles. The van der Waals surface area contributed by atoms with Crippen LogP contribution in [0.3, 0.4) is 0 Å². The predicted octanol–water partition coefficient (Wildman–Crippen LogP) is 1.16. The molecule has 5 heteroatoms. The Morgan fingerprint density at radius 2 is 2.05 bits per heavy atom. The van der Waals surface area contributed by atoms with E-state index in [1.165, 1.54) is 0 Å². The summed E-state index contributed by atoms with van der Waals surface area (Å²) in [4.78, 5) is 30.8. The number of piperazine rings is 1. The fourth-order valence-electron chi connectivity index (χ4n) is 3.32. The first kappa shape index (κ1) is 13.1. The van der Waals surface area contributed by atoms with Crippen LogP contribution in [0.5, 0.6) is 0 Å². The second-order valence-electron chi connectivity index (χ2n) is 5.67. The molecule has 0 radical (unpaired) electrons. The molecule has 1 saturated carbocycles. The number of aromatic nitrogens is 1. The molecule has 0 unspecified atom stereocenters. The van der Waals surface area contributed by atoms with E-state index in [0.29, 0.717) is 6.54 Å². The molecule has 1 aromatic rings. The first-order chi connectivity index (χ1) is 9.62. The topological polar surface area (TPSA) is 62.3 Å². The van der Waals surface area contributed by atoms with Crippen LogP contribution in [-0.2, 0) is 16.1 Å². The third kappa shape index (κ3) is 2.07. The maximum absolute atomic E-state index is 12.3. The van der Waals surface area contributed by atoms with E-state index in [9.17, 15) is 9.59 Å². The van der Waals surface area contributed by atoms with E-state index in [2.05, 4.69) is 10.3 Å². The Labute approximate surface area is 118 Å². The van der Waals surface area contributed by atoms with Crippen LogP contribution in [0.1, 0.15) is 37.1 Å². The standard InChI is InChI=1S/C15H19N3O2/c1-11-5-4-6-12(17-11)10-18-13(19)9-16-14(20)15(18)7-2-3-8-15/h4-6H,2-3,7-10H2,1H3,(H,16,20). The molecule has 1 aliphatic heterocycles. The van der Waals surface area contributed by atoms with Crippen molar-refractivity contribution in [1.82, 2.24) is 15.2 Å². The number of carbonyl (C=O) groups excluding carboxylic acids is 2. The molecule has 3 rings (SSSR count). The molecule has 2 fully saturated rings.